The van der Waals surface area contributed by atoms with E-state index < -0.39 is 54.6 Å². The van der Waals surface area contributed by atoms with Gasteiger partial charge in [-0.1, -0.05) is 0 Å². The molecule has 0 amide bonds. The highest BCUT2D eigenvalue weighted by atomic mass is 32.2. The van der Waals surface area contributed by atoms with E-state index >= 15 is 0 Å². The van der Waals surface area contributed by atoms with E-state index in [0.717, 1.165) is 0 Å². The molecular weight excluding hydrogens is 316 g/mol. The molecule has 0 saturated heterocycles. The molecule has 0 heterocycles. The van der Waals surface area contributed by atoms with E-state index in [4.69, 9.17) is 21.7 Å². The molecule has 0 spiro atoms. The summed E-state index contributed by atoms with van der Waals surface area (Å²) in [5, 5.41) is 16.4. The fraction of sp³-hybridized carbons (Fsp3) is 0.750. The van der Waals surface area contributed by atoms with Crippen LogP contribution in [0.25, 0.3) is 0 Å². The zero-order valence-corrected chi connectivity index (χ0v) is 12.2. The highest BCUT2D eigenvalue weighted by Gasteiger charge is 2.22. The molecule has 20 heavy (non-hydrogen) atoms. The molecule has 0 aliphatic rings. The average molecular weight is 334 g/mol. The SMILES string of the molecule is NCCN.O=C(O)CS(=O)(=O)CCS(=O)(=O)CC(=O)O. The van der Waals surface area contributed by atoms with Gasteiger partial charge in [-0.2, -0.15) is 0 Å². The third kappa shape index (κ3) is 14.8. The van der Waals surface area contributed by atoms with Crippen molar-refractivity contribution in [1.29, 1.82) is 0 Å². The summed E-state index contributed by atoms with van der Waals surface area (Å²) in [4.78, 5) is 20.2. The minimum absolute atomic E-state index is 0.597. The first-order valence-corrected chi connectivity index (χ1v) is 8.84. The van der Waals surface area contributed by atoms with Crippen LogP contribution in [0.15, 0.2) is 0 Å². The quantitative estimate of drug-likeness (QED) is 0.352. The minimum atomic E-state index is -4.02. The second kappa shape index (κ2) is 9.63. The van der Waals surface area contributed by atoms with Crippen LogP contribution in [0.4, 0.5) is 0 Å². The standard InChI is InChI=1S/C6H10O8S2.C2H8N2/c7-5(8)3-15(11,12)1-2-16(13,14)4-6(9)10;3-1-2-4/h1-4H2,(H,7,8)(H,9,10);1-4H2. The molecular formula is C8H18N2O8S2. The lowest BCUT2D eigenvalue weighted by atomic mass is 10.7. The summed E-state index contributed by atoms with van der Waals surface area (Å²) in [5.74, 6) is -7.30. The molecule has 12 heteroatoms. The molecule has 0 bridgehead atoms. The number of hydrogen-bond acceptors (Lipinski definition) is 8. The lowest BCUT2D eigenvalue weighted by Crippen LogP contribution is -2.26. The molecule has 6 N–H and O–H groups in total. The van der Waals surface area contributed by atoms with Gasteiger partial charge in [0.25, 0.3) is 0 Å². The van der Waals surface area contributed by atoms with Crippen molar-refractivity contribution in [3.05, 3.63) is 0 Å². The summed E-state index contributed by atoms with van der Waals surface area (Å²) in [5.41, 5.74) is 9.81. The van der Waals surface area contributed by atoms with Crippen molar-refractivity contribution in [3.8, 4) is 0 Å². The third-order valence-electron chi connectivity index (χ3n) is 1.56. The van der Waals surface area contributed by atoms with E-state index in [-0.39, 0.29) is 0 Å². The van der Waals surface area contributed by atoms with Gasteiger partial charge >= 0.3 is 11.9 Å². The molecule has 0 aliphatic carbocycles. The number of hydrogen-bond donors (Lipinski definition) is 4. The monoisotopic (exact) mass is 334 g/mol. The number of nitrogens with two attached hydrogens (primary N) is 2. The van der Waals surface area contributed by atoms with E-state index in [1.807, 2.05) is 0 Å². The molecule has 0 atom stereocenters. The maximum Gasteiger partial charge on any atom is 0.318 e. The van der Waals surface area contributed by atoms with Gasteiger partial charge in [0.1, 0.15) is 11.5 Å². The Kier molecular flexibility index (Phi) is 10.1. The Balaban J connectivity index is 0. The number of sulfone groups is 2. The van der Waals surface area contributed by atoms with E-state index in [0.29, 0.717) is 13.1 Å². The zero-order chi connectivity index (χ0) is 16.4. The van der Waals surface area contributed by atoms with Crippen molar-refractivity contribution in [2.45, 2.75) is 0 Å². The predicted molar refractivity (Wildman–Crippen MR) is 70.7 cm³/mol. The van der Waals surface area contributed by atoms with Crippen molar-refractivity contribution < 1.29 is 36.6 Å². The Morgan fingerprint density at radius 2 is 1.00 bits per heavy atom. The number of carboxylic acid groups (broad SMARTS) is 2. The highest BCUT2D eigenvalue weighted by Crippen LogP contribution is 1.96. The average Bonchev–Trinajstić information content (AvgIpc) is 2.24. The van der Waals surface area contributed by atoms with Crippen molar-refractivity contribution >= 4 is 31.6 Å². The lowest BCUT2D eigenvalue weighted by Gasteiger charge is -2.01. The van der Waals surface area contributed by atoms with Crippen LogP contribution < -0.4 is 11.5 Å². The van der Waals surface area contributed by atoms with Crippen LogP contribution in [0, 0.1) is 0 Å². The Morgan fingerprint density at radius 1 is 0.750 bits per heavy atom. The number of carbonyl (C=O) groups is 2. The fourth-order valence-electron chi connectivity index (χ4n) is 0.775. The molecule has 0 radical (unpaired) electrons. The second-order valence-corrected chi connectivity index (χ2v) is 7.92. The molecule has 0 aromatic heterocycles. The van der Waals surface area contributed by atoms with Gasteiger partial charge in [0, 0.05) is 13.1 Å². The largest absolute Gasteiger partial charge is 0.480 e. The van der Waals surface area contributed by atoms with Crippen LogP contribution in [0.1, 0.15) is 0 Å². The molecule has 0 aromatic carbocycles. The van der Waals surface area contributed by atoms with Crippen LogP contribution in [0.3, 0.4) is 0 Å². The van der Waals surface area contributed by atoms with Crippen molar-refractivity contribution in [2.24, 2.45) is 11.5 Å². The Hall–Kier alpha value is -1.24. The topological polar surface area (TPSA) is 195 Å². The van der Waals surface area contributed by atoms with Crippen molar-refractivity contribution in [3.63, 3.8) is 0 Å². The van der Waals surface area contributed by atoms with Gasteiger partial charge in [0.05, 0.1) is 11.5 Å². The summed E-state index contributed by atoms with van der Waals surface area (Å²) in [6.07, 6.45) is 0. The van der Waals surface area contributed by atoms with Crippen LogP contribution in [0.2, 0.25) is 0 Å². The highest BCUT2D eigenvalue weighted by molar-refractivity contribution is 7.95. The first-order valence-electron chi connectivity index (χ1n) is 5.20. The smallest absolute Gasteiger partial charge is 0.318 e. The summed E-state index contributed by atoms with van der Waals surface area (Å²) in [6.45, 7) is 1.19. The molecule has 0 saturated carbocycles. The normalized spacial score (nSPS) is 11.3. The third-order valence-corrected chi connectivity index (χ3v) is 4.84. The molecule has 10 nitrogen and oxygen atoms in total. The maximum atomic E-state index is 11.0. The van der Waals surface area contributed by atoms with Crippen LogP contribution in [0.5, 0.6) is 0 Å². The molecule has 0 unspecified atom stereocenters. The zero-order valence-electron chi connectivity index (χ0n) is 10.6. The Labute approximate surface area is 116 Å². The second-order valence-electron chi connectivity index (χ2n) is 3.55. The first-order chi connectivity index (χ1) is 8.95. The summed E-state index contributed by atoms with van der Waals surface area (Å²) >= 11 is 0. The number of aliphatic carboxylic acids is 2. The van der Waals surface area contributed by atoms with Gasteiger partial charge in [0.15, 0.2) is 19.7 Å². The van der Waals surface area contributed by atoms with E-state index in [1.165, 1.54) is 0 Å². The van der Waals surface area contributed by atoms with E-state index in [2.05, 4.69) is 0 Å². The van der Waals surface area contributed by atoms with Crippen molar-refractivity contribution in [1.82, 2.24) is 0 Å². The van der Waals surface area contributed by atoms with Gasteiger partial charge in [-0.25, -0.2) is 16.8 Å². The first kappa shape index (κ1) is 21.1. The molecule has 0 rings (SSSR count). The van der Waals surface area contributed by atoms with Crippen LogP contribution >= 0.6 is 0 Å². The van der Waals surface area contributed by atoms with Gasteiger partial charge in [-0.15, -0.1) is 0 Å². The molecule has 120 valence electrons. The van der Waals surface area contributed by atoms with E-state index in [9.17, 15) is 26.4 Å². The van der Waals surface area contributed by atoms with Gasteiger partial charge < -0.3 is 21.7 Å². The van der Waals surface area contributed by atoms with Crippen LogP contribution in [-0.4, -0.2) is 75.1 Å². The fourth-order valence-corrected chi connectivity index (χ4v) is 3.85. The predicted octanol–water partition coefficient (Wildman–Crippen LogP) is -3.11. The van der Waals surface area contributed by atoms with Crippen molar-refractivity contribution in [2.75, 3.05) is 36.1 Å². The number of rotatable bonds is 8. The van der Waals surface area contributed by atoms with Gasteiger partial charge in [-0.3, -0.25) is 9.59 Å². The molecule has 0 fully saturated rings. The maximum absolute atomic E-state index is 11.0. The van der Waals surface area contributed by atoms with E-state index in [1.54, 1.807) is 0 Å². The van der Waals surface area contributed by atoms with Crippen LogP contribution in [-0.2, 0) is 29.3 Å². The summed E-state index contributed by atoms with van der Waals surface area (Å²) in [7, 11) is -8.04. The van der Waals surface area contributed by atoms with Gasteiger partial charge in [-0.05, 0) is 0 Å². The molecule has 0 aliphatic heterocycles. The Morgan fingerprint density at radius 3 is 1.15 bits per heavy atom. The molecule has 0 aromatic rings. The Bertz CT molecular complexity index is 463. The minimum Gasteiger partial charge on any atom is -0.480 e. The summed E-state index contributed by atoms with van der Waals surface area (Å²) in [6, 6.07) is 0. The number of carboxylic acids is 2. The lowest BCUT2D eigenvalue weighted by molar-refractivity contribution is -0.135. The summed E-state index contributed by atoms with van der Waals surface area (Å²) < 4.78 is 43.9. The van der Waals surface area contributed by atoms with Gasteiger partial charge in [0.2, 0.25) is 0 Å².